The lowest BCUT2D eigenvalue weighted by Crippen LogP contribution is -2.00. The van der Waals surface area contributed by atoms with Crippen LogP contribution in [0.15, 0.2) is 95.5 Å². The molecule has 0 amide bonds. The van der Waals surface area contributed by atoms with Crippen molar-refractivity contribution >= 4 is 28.1 Å². The molecular formula is C28H23N3O3. The lowest BCUT2D eigenvalue weighted by atomic mass is 9.95. The van der Waals surface area contributed by atoms with E-state index < -0.39 is 0 Å². The van der Waals surface area contributed by atoms with Crippen molar-refractivity contribution < 1.29 is 14.1 Å². The fraction of sp³-hybridized carbons (Fsp3) is 0.107. The summed E-state index contributed by atoms with van der Waals surface area (Å²) in [5.41, 5.74) is 4.22. The van der Waals surface area contributed by atoms with Gasteiger partial charge >= 0.3 is 5.97 Å². The predicted octanol–water partition coefficient (Wildman–Crippen LogP) is 6.57. The molecular weight excluding hydrogens is 426 g/mol. The van der Waals surface area contributed by atoms with E-state index >= 15 is 0 Å². The maximum absolute atomic E-state index is 11.6. The van der Waals surface area contributed by atoms with Gasteiger partial charge in [-0.2, -0.15) is 4.98 Å². The van der Waals surface area contributed by atoms with Gasteiger partial charge in [0.2, 0.25) is 11.7 Å². The molecule has 0 radical (unpaired) electrons. The molecule has 1 heterocycles. The summed E-state index contributed by atoms with van der Waals surface area (Å²) in [6.45, 7) is 2.08. The van der Waals surface area contributed by atoms with Crippen molar-refractivity contribution in [2.45, 2.75) is 12.8 Å². The Morgan fingerprint density at radius 2 is 1.68 bits per heavy atom. The number of carbonyl (C=O) groups excluding carboxylic acids is 1. The first kappa shape index (κ1) is 21.4. The minimum absolute atomic E-state index is 0.0398. The van der Waals surface area contributed by atoms with E-state index in [2.05, 4.69) is 47.7 Å². The predicted molar refractivity (Wildman–Crippen MR) is 132 cm³/mol. The number of benzene rings is 4. The van der Waals surface area contributed by atoms with Gasteiger partial charge in [-0.15, -0.1) is 0 Å². The molecule has 1 atom stereocenters. The van der Waals surface area contributed by atoms with Gasteiger partial charge in [0, 0.05) is 16.9 Å². The molecule has 5 rings (SSSR count). The summed E-state index contributed by atoms with van der Waals surface area (Å²) in [7, 11) is 1.37. The third-order valence-electron chi connectivity index (χ3n) is 5.82. The molecule has 1 aromatic heterocycles. The van der Waals surface area contributed by atoms with Crippen LogP contribution in [0, 0.1) is 0 Å². The molecule has 0 fully saturated rings. The first-order chi connectivity index (χ1) is 16.6. The summed E-state index contributed by atoms with van der Waals surface area (Å²) >= 11 is 0. The van der Waals surface area contributed by atoms with Crippen LogP contribution >= 0.6 is 0 Å². The van der Waals surface area contributed by atoms with Gasteiger partial charge in [-0.3, -0.25) is 0 Å². The maximum Gasteiger partial charge on any atom is 0.337 e. The van der Waals surface area contributed by atoms with Gasteiger partial charge in [0.1, 0.15) is 0 Å². The van der Waals surface area contributed by atoms with Crippen molar-refractivity contribution in [2.75, 3.05) is 12.4 Å². The van der Waals surface area contributed by atoms with Gasteiger partial charge in [0.25, 0.3) is 0 Å². The summed E-state index contributed by atoms with van der Waals surface area (Å²) in [6.07, 6.45) is 0. The largest absolute Gasteiger partial charge is 0.465 e. The number of anilines is 2. The summed E-state index contributed by atoms with van der Waals surface area (Å²) in [6, 6.07) is 29.5. The summed E-state index contributed by atoms with van der Waals surface area (Å²) in [4.78, 5) is 16.3. The van der Waals surface area contributed by atoms with Gasteiger partial charge in [-0.05, 0) is 59.7 Å². The second-order valence-corrected chi connectivity index (χ2v) is 8.02. The molecule has 168 valence electrons. The molecule has 4 aromatic carbocycles. The van der Waals surface area contributed by atoms with Crippen LogP contribution in [-0.4, -0.2) is 23.2 Å². The van der Waals surface area contributed by atoms with Crippen molar-refractivity contribution in [3.05, 3.63) is 108 Å². The number of carbonyl (C=O) groups is 1. The Kier molecular flexibility index (Phi) is 5.79. The van der Waals surface area contributed by atoms with Gasteiger partial charge in [0.15, 0.2) is 0 Å². The SMILES string of the molecule is COC(=O)c1ccc(Nc2cccc(-c3noc(C(C)c4cccc5ccccc45)n3)c2)cc1. The number of hydrogen-bond donors (Lipinski definition) is 1. The average Bonchev–Trinajstić information content (AvgIpc) is 3.39. The van der Waals surface area contributed by atoms with Crippen molar-refractivity contribution in [3.8, 4) is 11.4 Å². The van der Waals surface area contributed by atoms with Crippen LogP contribution in [0.5, 0.6) is 0 Å². The smallest absolute Gasteiger partial charge is 0.337 e. The van der Waals surface area contributed by atoms with E-state index in [1.54, 1.807) is 12.1 Å². The Morgan fingerprint density at radius 1 is 0.912 bits per heavy atom. The summed E-state index contributed by atoms with van der Waals surface area (Å²) < 4.78 is 10.4. The second-order valence-electron chi connectivity index (χ2n) is 8.02. The Balaban J connectivity index is 1.37. The quantitative estimate of drug-likeness (QED) is 0.295. The Hall–Kier alpha value is -4.45. The number of methoxy groups -OCH3 is 1. The van der Waals surface area contributed by atoms with E-state index in [4.69, 9.17) is 14.2 Å². The first-order valence-electron chi connectivity index (χ1n) is 11.0. The molecule has 5 aromatic rings. The molecule has 0 saturated carbocycles. The van der Waals surface area contributed by atoms with E-state index in [0.29, 0.717) is 17.3 Å². The summed E-state index contributed by atoms with van der Waals surface area (Å²) in [5, 5.41) is 9.94. The Bertz CT molecular complexity index is 1450. The Morgan fingerprint density at radius 3 is 2.50 bits per heavy atom. The van der Waals surface area contributed by atoms with Crippen LogP contribution in [-0.2, 0) is 4.74 Å². The van der Waals surface area contributed by atoms with Crippen LogP contribution in [0.4, 0.5) is 11.4 Å². The molecule has 0 spiro atoms. The Labute approximate surface area is 197 Å². The third kappa shape index (κ3) is 4.26. The number of ether oxygens (including phenoxy) is 1. The summed E-state index contributed by atoms with van der Waals surface area (Å²) in [5.74, 6) is 0.705. The van der Waals surface area contributed by atoms with Crippen LogP contribution in [0.3, 0.4) is 0 Å². The number of nitrogens with zero attached hydrogens (tertiary/aromatic N) is 2. The van der Waals surface area contributed by atoms with Crippen molar-refractivity contribution in [1.29, 1.82) is 0 Å². The highest BCUT2D eigenvalue weighted by molar-refractivity contribution is 5.90. The van der Waals surface area contributed by atoms with E-state index in [1.807, 2.05) is 48.5 Å². The normalized spacial score (nSPS) is 11.8. The third-order valence-corrected chi connectivity index (χ3v) is 5.82. The molecule has 0 saturated heterocycles. The van der Waals surface area contributed by atoms with Crippen LogP contribution in [0.1, 0.15) is 34.7 Å². The molecule has 6 heteroatoms. The second kappa shape index (κ2) is 9.19. The first-order valence-corrected chi connectivity index (χ1v) is 11.0. The molecule has 0 aliphatic rings. The lowest BCUT2D eigenvalue weighted by molar-refractivity contribution is 0.0601. The number of nitrogens with one attached hydrogen (secondary N) is 1. The zero-order valence-electron chi connectivity index (χ0n) is 18.9. The molecule has 0 aliphatic carbocycles. The highest BCUT2D eigenvalue weighted by Crippen LogP contribution is 2.31. The van der Waals surface area contributed by atoms with E-state index in [9.17, 15) is 4.79 Å². The molecule has 0 aliphatic heterocycles. The van der Waals surface area contributed by atoms with Gasteiger partial charge < -0.3 is 14.6 Å². The minimum atomic E-state index is -0.362. The topological polar surface area (TPSA) is 77.2 Å². The van der Waals surface area contributed by atoms with Crippen molar-refractivity contribution in [3.63, 3.8) is 0 Å². The van der Waals surface area contributed by atoms with Crippen molar-refractivity contribution in [1.82, 2.24) is 10.1 Å². The van der Waals surface area contributed by atoms with Gasteiger partial charge in [-0.25, -0.2) is 4.79 Å². The zero-order chi connectivity index (χ0) is 23.5. The highest BCUT2D eigenvalue weighted by Gasteiger charge is 2.19. The number of hydrogen-bond acceptors (Lipinski definition) is 6. The van der Waals surface area contributed by atoms with Gasteiger partial charge in [-0.1, -0.05) is 59.8 Å². The van der Waals surface area contributed by atoms with Crippen LogP contribution in [0.2, 0.25) is 0 Å². The lowest BCUT2D eigenvalue weighted by Gasteiger charge is -2.10. The number of aromatic nitrogens is 2. The van der Waals surface area contributed by atoms with E-state index in [1.165, 1.54) is 17.9 Å². The van der Waals surface area contributed by atoms with E-state index in [0.717, 1.165) is 22.5 Å². The fourth-order valence-corrected chi connectivity index (χ4v) is 4.00. The number of esters is 1. The number of fused-ring (bicyclic) bond motifs is 1. The standard InChI is InChI=1S/C28H23N3O3/c1-18(24-12-6-8-19-7-3-4-11-25(19)24)27-30-26(31-34-27)21-9-5-10-23(17-21)29-22-15-13-20(14-16-22)28(32)33-2/h3-18,29H,1-2H3. The molecule has 34 heavy (non-hydrogen) atoms. The minimum Gasteiger partial charge on any atom is -0.465 e. The fourth-order valence-electron chi connectivity index (χ4n) is 4.00. The number of rotatable bonds is 6. The zero-order valence-corrected chi connectivity index (χ0v) is 18.9. The maximum atomic E-state index is 11.6. The van der Waals surface area contributed by atoms with E-state index in [-0.39, 0.29) is 11.9 Å². The van der Waals surface area contributed by atoms with Gasteiger partial charge in [0.05, 0.1) is 18.6 Å². The molecule has 1 N–H and O–H groups in total. The van der Waals surface area contributed by atoms with Crippen LogP contribution in [0.25, 0.3) is 22.2 Å². The molecule has 6 nitrogen and oxygen atoms in total. The average molecular weight is 450 g/mol. The monoisotopic (exact) mass is 449 g/mol. The molecule has 1 unspecified atom stereocenters. The molecule has 0 bridgehead atoms. The highest BCUT2D eigenvalue weighted by atomic mass is 16.5. The van der Waals surface area contributed by atoms with Crippen LogP contribution < -0.4 is 5.32 Å². The van der Waals surface area contributed by atoms with Crippen molar-refractivity contribution in [2.24, 2.45) is 0 Å².